The Morgan fingerprint density at radius 2 is 1.76 bits per heavy atom. The molecule has 0 aliphatic carbocycles. The zero-order chi connectivity index (χ0) is 23.7. The van der Waals surface area contributed by atoms with Crippen molar-refractivity contribution < 1.29 is 23.1 Å². The molecule has 1 aromatic heterocycles. The van der Waals surface area contributed by atoms with Crippen LogP contribution in [0.5, 0.6) is 5.88 Å². The molecule has 4 aromatic rings. The highest BCUT2D eigenvalue weighted by atomic mass is 32.2. The van der Waals surface area contributed by atoms with Gasteiger partial charge in [0.1, 0.15) is 6.61 Å². The lowest BCUT2D eigenvalue weighted by molar-refractivity contribution is 0.0697. The normalized spacial score (nSPS) is 14.9. The van der Waals surface area contributed by atoms with Crippen LogP contribution in [0.3, 0.4) is 0 Å². The number of nitrogens with zero attached hydrogens (tertiary/aromatic N) is 3. The van der Waals surface area contributed by atoms with Gasteiger partial charge < -0.3 is 14.7 Å². The number of anilines is 1. The van der Waals surface area contributed by atoms with E-state index in [1.165, 1.54) is 12.1 Å². The van der Waals surface area contributed by atoms with Gasteiger partial charge in [-0.15, -0.1) is 0 Å². The van der Waals surface area contributed by atoms with Crippen LogP contribution in [-0.4, -0.2) is 41.8 Å². The average Bonchev–Trinajstić information content (AvgIpc) is 2.98. The quantitative estimate of drug-likeness (QED) is 0.465. The molecule has 5 rings (SSSR count). The zero-order valence-corrected chi connectivity index (χ0v) is 18.9. The van der Waals surface area contributed by atoms with Crippen molar-refractivity contribution in [3.63, 3.8) is 0 Å². The SMILES string of the molecule is O=C(O)c1ccc2nc(N3CCS(=O)(=O)c4ccccc4C3)nc(OCc3ccccc3)c2c1. The van der Waals surface area contributed by atoms with Crippen molar-refractivity contribution in [2.24, 2.45) is 0 Å². The highest BCUT2D eigenvalue weighted by molar-refractivity contribution is 7.91. The number of rotatable bonds is 5. The molecule has 0 atom stereocenters. The Hall–Kier alpha value is -3.98. The molecule has 1 N–H and O–H groups in total. The number of carboxylic acid groups (broad SMARTS) is 1. The van der Waals surface area contributed by atoms with Crippen LogP contribution >= 0.6 is 0 Å². The zero-order valence-electron chi connectivity index (χ0n) is 18.1. The fourth-order valence-corrected chi connectivity index (χ4v) is 5.43. The number of sulfone groups is 1. The van der Waals surface area contributed by atoms with Gasteiger partial charge in [0.15, 0.2) is 9.84 Å². The number of hydrogen-bond donors (Lipinski definition) is 1. The summed E-state index contributed by atoms with van der Waals surface area (Å²) in [6, 6.07) is 21.1. The molecule has 1 aliphatic heterocycles. The highest BCUT2D eigenvalue weighted by Gasteiger charge is 2.27. The van der Waals surface area contributed by atoms with Gasteiger partial charge in [0.05, 0.1) is 27.1 Å². The molecule has 0 fully saturated rings. The summed E-state index contributed by atoms with van der Waals surface area (Å²) in [5.74, 6) is -0.559. The summed E-state index contributed by atoms with van der Waals surface area (Å²) in [7, 11) is -3.43. The Morgan fingerprint density at radius 3 is 2.56 bits per heavy atom. The predicted octanol–water partition coefficient (Wildman–Crippen LogP) is 3.70. The molecule has 9 heteroatoms. The Labute approximate surface area is 196 Å². The minimum absolute atomic E-state index is 0.0659. The van der Waals surface area contributed by atoms with E-state index in [1.807, 2.05) is 35.2 Å². The van der Waals surface area contributed by atoms with E-state index < -0.39 is 15.8 Å². The van der Waals surface area contributed by atoms with Crippen molar-refractivity contribution in [2.45, 2.75) is 18.0 Å². The largest absolute Gasteiger partial charge is 0.478 e. The number of hydrogen-bond acceptors (Lipinski definition) is 7. The van der Waals surface area contributed by atoms with Gasteiger partial charge in [-0.25, -0.2) is 18.2 Å². The Bertz CT molecular complexity index is 1490. The number of carbonyl (C=O) groups is 1. The highest BCUT2D eigenvalue weighted by Crippen LogP contribution is 2.30. The summed E-state index contributed by atoms with van der Waals surface area (Å²) in [6.45, 7) is 0.779. The third-order valence-electron chi connectivity index (χ3n) is 5.70. The maximum Gasteiger partial charge on any atom is 0.335 e. The van der Waals surface area contributed by atoms with Crippen molar-refractivity contribution in [3.05, 3.63) is 89.5 Å². The summed E-state index contributed by atoms with van der Waals surface area (Å²) in [4.78, 5) is 22.9. The number of fused-ring (bicyclic) bond motifs is 2. The first-order valence-electron chi connectivity index (χ1n) is 10.7. The van der Waals surface area contributed by atoms with Crippen LogP contribution in [-0.2, 0) is 23.0 Å². The van der Waals surface area contributed by atoms with E-state index in [0.717, 1.165) is 5.56 Å². The maximum absolute atomic E-state index is 12.8. The molecule has 0 spiro atoms. The van der Waals surface area contributed by atoms with Crippen LogP contribution in [0.4, 0.5) is 5.95 Å². The molecule has 0 bridgehead atoms. The first kappa shape index (κ1) is 21.8. The van der Waals surface area contributed by atoms with E-state index in [1.54, 1.807) is 30.3 Å². The minimum Gasteiger partial charge on any atom is -0.478 e. The first-order valence-corrected chi connectivity index (χ1v) is 12.3. The monoisotopic (exact) mass is 475 g/mol. The molecule has 1 aliphatic rings. The maximum atomic E-state index is 12.8. The number of ether oxygens (including phenoxy) is 1. The minimum atomic E-state index is -3.43. The lowest BCUT2D eigenvalue weighted by Gasteiger charge is -2.21. The summed E-state index contributed by atoms with van der Waals surface area (Å²) in [5.41, 5.74) is 2.22. The number of carboxylic acids is 1. The lowest BCUT2D eigenvalue weighted by atomic mass is 10.1. The fraction of sp³-hybridized carbons (Fsp3) is 0.160. The molecule has 0 unspecified atom stereocenters. The smallest absolute Gasteiger partial charge is 0.335 e. The van der Waals surface area contributed by atoms with Gasteiger partial charge in [-0.05, 0) is 35.4 Å². The van der Waals surface area contributed by atoms with Crippen molar-refractivity contribution in [3.8, 4) is 5.88 Å². The van der Waals surface area contributed by atoms with Gasteiger partial charge in [-0.3, -0.25) is 0 Å². The fourth-order valence-electron chi connectivity index (χ4n) is 3.93. The summed E-state index contributed by atoms with van der Waals surface area (Å²) in [6.07, 6.45) is 0. The van der Waals surface area contributed by atoms with E-state index in [9.17, 15) is 18.3 Å². The molecule has 0 saturated carbocycles. The second kappa shape index (κ2) is 8.75. The van der Waals surface area contributed by atoms with Crippen LogP contribution < -0.4 is 9.64 Å². The van der Waals surface area contributed by atoms with Crippen LogP contribution in [0.1, 0.15) is 21.5 Å². The average molecular weight is 476 g/mol. The van der Waals surface area contributed by atoms with Crippen LogP contribution in [0.25, 0.3) is 10.9 Å². The van der Waals surface area contributed by atoms with Gasteiger partial charge in [-0.2, -0.15) is 4.98 Å². The molecule has 172 valence electrons. The Balaban J connectivity index is 1.57. The Kier molecular flexibility index (Phi) is 5.62. The number of aromatic nitrogens is 2. The molecular formula is C25H21N3O5S. The van der Waals surface area contributed by atoms with Crippen LogP contribution in [0.15, 0.2) is 77.7 Å². The van der Waals surface area contributed by atoms with Crippen molar-refractivity contribution in [2.75, 3.05) is 17.2 Å². The molecule has 0 saturated heterocycles. The molecule has 3 aromatic carbocycles. The van der Waals surface area contributed by atoms with E-state index in [0.29, 0.717) is 33.9 Å². The molecule has 2 heterocycles. The first-order chi connectivity index (χ1) is 16.4. The second-order valence-corrected chi connectivity index (χ2v) is 10.1. The number of benzene rings is 3. The van der Waals surface area contributed by atoms with Crippen molar-refractivity contribution in [1.29, 1.82) is 0 Å². The van der Waals surface area contributed by atoms with E-state index in [2.05, 4.69) is 9.97 Å². The Morgan fingerprint density at radius 1 is 1.00 bits per heavy atom. The van der Waals surface area contributed by atoms with E-state index >= 15 is 0 Å². The van der Waals surface area contributed by atoms with E-state index in [-0.39, 0.29) is 30.3 Å². The van der Waals surface area contributed by atoms with Crippen molar-refractivity contribution >= 4 is 32.7 Å². The van der Waals surface area contributed by atoms with Gasteiger partial charge in [0.25, 0.3) is 0 Å². The van der Waals surface area contributed by atoms with Gasteiger partial charge >= 0.3 is 5.97 Å². The van der Waals surface area contributed by atoms with Gasteiger partial charge in [0.2, 0.25) is 11.8 Å². The van der Waals surface area contributed by atoms with Crippen LogP contribution in [0, 0.1) is 0 Å². The lowest BCUT2D eigenvalue weighted by Crippen LogP contribution is -2.27. The summed E-state index contributed by atoms with van der Waals surface area (Å²) in [5, 5.41) is 9.90. The van der Waals surface area contributed by atoms with Gasteiger partial charge in [0, 0.05) is 13.1 Å². The van der Waals surface area contributed by atoms with Crippen LogP contribution in [0.2, 0.25) is 0 Å². The summed E-state index contributed by atoms with van der Waals surface area (Å²) >= 11 is 0. The van der Waals surface area contributed by atoms with E-state index in [4.69, 9.17) is 4.74 Å². The molecular weight excluding hydrogens is 454 g/mol. The molecule has 0 radical (unpaired) electrons. The standard InChI is InChI=1S/C25H21N3O5S/c29-24(30)18-10-11-21-20(14-18)23(33-16-17-6-2-1-3-7-17)27-25(26-21)28-12-13-34(31,32)22-9-5-4-8-19(22)15-28/h1-11,14H,12-13,15-16H2,(H,29,30). The van der Waals surface area contributed by atoms with Gasteiger partial charge in [-0.1, -0.05) is 48.5 Å². The number of aromatic carboxylic acids is 1. The third kappa shape index (κ3) is 4.29. The topological polar surface area (TPSA) is 110 Å². The molecule has 0 amide bonds. The predicted molar refractivity (Wildman–Crippen MR) is 127 cm³/mol. The third-order valence-corrected chi connectivity index (χ3v) is 7.48. The second-order valence-electron chi connectivity index (χ2n) is 7.99. The van der Waals surface area contributed by atoms with Crippen molar-refractivity contribution in [1.82, 2.24) is 9.97 Å². The molecule has 34 heavy (non-hydrogen) atoms. The summed E-state index contributed by atoms with van der Waals surface area (Å²) < 4.78 is 31.5. The molecule has 8 nitrogen and oxygen atoms in total.